The summed E-state index contributed by atoms with van der Waals surface area (Å²) in [6, 6.07) is 0. The molecular weight excluding hydrogens is 493 g/mol. The number of hydrogen-bond acceptors (Lipinski definition) is 9. The molecule has 0 aromatic carbocycles. The molecule has 1 spiro atoms. The maximum Gasteiger partial charge on any atom is 0.345 e. The summed E-state index contributed by atoms with van der Waals surface area (Å²) in [5.74, 6) is -6.28. The molecule has 1 fully saturated rings. The van der Waals surface area contributed by atoms with Crippen molar-refractivity contribution in [3.8, 4) is 0 Å². The van der Waals surface area contributed by atoms with Gasteiger partial charge in [-0.25, -0.2) is 0 Å². The van der Waals surface area contributed by atoms with Crippen LogP contribution >= 0.6 is 64.4 Å². The highest BCUT2D eigenvalue weighted by Crippen LogP contribution is 2.85. The zero-order valence-corrected chi connectivity index (χ0v) is 19.4. The van der Waals surface area contributed by atoms with Crippen LogP contribution in [0.1, 0.15) is 0 Å². The van der Waals surface area contributed by atoms with Gasteiger partial charge in [-0.1, -0.05) is 0 Å². The van der Waals surface area contributed by atoms with Gasteiger partial charge in [-0.2, -0.15) is 13.5 Å². The summed E-state index contributed by atoms with van der Waals surface area (Å²) in [4.78, 5) is 0. The van der Waals surface area contributed by atoms with Gasteiger partial charge in [0, 0.05) is 0 Å². The predicted octanol–water partition coefficient (Wildman–Crippen LogP) is 5.91. The van der Waals surface area contributed by atoms with Crippen molar-refractivity contribution in [1.29, 1.82) is 0 Å². The summed E-state index contributed by atoms with van der Waals surface area (Å²) in [6.07, 6.45) is 0. The van der Waals surface area contributed by atoms with Gasteiger partial charge in [0.05, 0.1) is 66.1 Å². The molecule has 0 aromatic rings. The third kappa shape index (κ3) is 9.41. The lowest BCUT2D eigenvalue weighted by atomic mass is 10.7. The molecule has 0 amide bonds. The lowest BCUT2D eigenvalue weighted by Crippen LogP contribution is -2.12. The number of halogens is 4. The molecule has 26 heavy (non-hydrogen) atoms. The first-order chi connectivity index (χ1) is 12.3. The van der Waals surface area contributed by atoms with Gasteiger partial charge in [0.25, 0.3) is 11.8 Å². The second kappa shape index (κ2) is 11.7. The van der Waals surface area contributed by atoms with Crippen LogP contribution in [0.4, 0.5) is 0 Å². The number of hydrogen-bond donors (Lipinski definition) is 0. The molecule has 0 aliphatic carbocycles. The summed E-state index contributed by atoms with van der Waals surface area (Å²) in [5, 5.41) is 0. The van der Waals surface area contributed by atoms with Crippen LogP contribution in [0.15, 0.2) is 13.5 Å². The molecule has 2 rings (SSSR count). The van der Waals surface area contributed by atoms with E-state index in [9.17, 15) is 0 Å². The molecule has 0 bridgehead atoms. The number of ether oxygens (including phenoxy) is 4. The third-order valence-corrected chi connectivity index (χ3v) is 13.9. The van der Waals surface area contributed by atoms with Crippen LogP contribution in [-0.4, -0.2) is 66.1 Å². The molecule has 0 saturated carbocycles. The molecule has 1 saturated heterocycles. The third-order valence-electron chi connectivity index (χ3n) is 2.75. The Kier molecular flexibility index (Phi) is 10.8. The van der Waals surface area contributed by atoms with Crippen molar-refractivity contribution in [2.75, 3.05) is 66.1 Å². The fourth-order valence-electron chi connectivity index (χ4n) is 1.79. The highest BCUT2D eigenvalue weighted by Gasteiger charge is 2.35. The van der Waals surface area contributed by atoms with E-state index in [1.807, 2.05) is 0 Å². The second-order valence-corrected chi connectivity index (χ2v) is 16.9. The van der Waals surface area contributed by atoms with Crippen molar-refractivity contribution in [2.24, 2.45) is 13.5 Å². The largest absolute Gasteiger partial charge is 0.377 e. The highest BCUT2D eigenvalue weighted by atomic mass is 35.9. The van der Waals surface area contributed by atoms with Crippen molar-refractivity contribution in [3.05, 3.63) is 0 Å². The van der Waals surface area contributed by atoms with Crippen LogP contribution in [0, 0.1) is 0 Å². The zero-order valence-electron chi connectivity index (χ0n) is 13.7. The van der Waals surface area contributed by atoms with E-state index in [0.29, 0.717) is 39.6 Å². The van der Waals surface area contributed by atoms with Crippen LogP contribution in [0.25, 0.3) is 0 Å². The molecule has 0 atom stereocenters. The van der Waals surface area contributed by atoms with Gasteiger partial charge in [0.1, 0.15) is 0 Å². The molecule has 0 unspecified atom stereocenters. The summed E-state index contributed by atoms with van der Waals surface area (Å²) in [5.41, 5.74) is 0. The Labute approximate surface area is 171 Å². The Bertz CT molecular complexity index is 583. The van der Waals surface area contributed by atoms with Crippen molar-refractivity contribution in [1.82, 2.24) is 0 Å². The lowest BCUT2D eigenvalue weighted by molar-refractivity contribution is -0.00426. The molecule has 0 aromatic heterocycles. The molecular formula is C10H20Cl4N3O6P3. The minimum Gasteiger partial charge on any atom is -0.377 e. The van der Waals surface area contributed by atoms with Crippen LogP contribution in [-0.2, 0) is 28.0 Å². The highest BCUT2D eigenvalue weighted by molar-refractivity contribution is 8.20. The molecule has 16 heteroatoms. The average molecular weight is 513 g/mol. The fourth-order valence-corrected chi connectivity index (χ4v) is 15.8. The summed E-state index contributed by atoms with van der Waals surface area (Å²) < 4.78 is 45.3. The van der Waals surface area contributed by atoms with Crippen molar-refractivity contribution < 1.29 is 28.0 Å². The quantitative estimate of drug-likeness (QED) is 0.375. The molecule has 154 valence electrons. The minimum atomic E-state index is -3.23. The zero-order chi connectivity index (χ0) is 18.9. The molecule has 2 aliphatic rings. The monoisotopic (exact) mass is 511 g/mol. The molecule has 0 N–H and O–H groups in total. The first-order valence-electron chi connectivity index (χ1n) is 7.63. The van der Waals surface area contributed by atoms with Gasteiger partial charge < -0.3 is 28.0 Å². The van der Waals surface area contributed by atoms with Crippen LogP contribution < -0.4 is 0 Å². The fraction of sp³-hybridized carbons (Fsp3) is 1.00. The van der Waals surface area contributed by atoms with E-state index < -0.39 is 19.5 Å². The average Bonchev–Trinajstić information content (AvgIpc) is 2.51. The van der Waals surface area contributed by atoms with E-state index in [1.165, 1.54) is 0 Å². The summed E-state index contributed by atoms with van der Waals surface area (Å²) in [6.45, 7) is 3.53. The Balaban J connectivity index is 2.07. The van der Waals surface area contributed by atoms with Crippen LogP contribution in [0.5, 0.6) is 0 Å². The Morgan fingerprint density at radius 2 is 0.808 bits per heavy atom. The van der Waals surface area contributed by atoms with E-state index in [1.54, 1.807) is 0 Å². The summed E-state index contributed by atoms with van der Waals surface area (Å²) in [7, 11) is -3.23. The normalized spacial score (nSPS) is 28.2. The lowest BCUT2D eigenvalue weighted by Gasteiger charge is -2.25. The SMILES string of the molecule is ClP1(Cl)=NP(Cl)(Cl)=NP2(=N1)OCCOCCOCCOCCOCCO2. The topological polar surface area (TPSA) is 92.5 Å². The van der Waals surface area contributed by atoms with Crippen LogP contribution in [0.2, 0.25) is 0 Å². The van der Waals surface area contributed by atoms with E-state index >= 15 is 0 Å². The van der Waals surface area contributed by atoms with Gasteiger partial charge >= 0.3 is 7.66 Å². The molecule has 2 heterocycles. The van der Waals surface area contributed by atoms with Gasteiger partial charge in [-0.05, 0) is 45.0 Å². The van der Waals surface area contributed by atoms with E-state index in [2.05, 4.69) is 13.5 Å². The predicted molar refractivity (Wildman–Crippen MR) is 107 cm³/mol. The smallest absolute Gasteiger partial charge is 0.345 e. The Hall–Kier alpha value is 1.61. The van der Waals surface area contributed by atoms with E-state index in [-0.39, 0.29) is 26.4 Å². The first-order valence-corrected chi connectivity index (χ1v) is 16.2. The van der Waals surface area contributed by atoms with Crippen molar-refractivity contribution in [2.45, 2.75) is 0 Å². The standard InChI is InChI=1S/C10H20Cl4N3O6P3/c11-24(12)15-25(13,14)17-26(16-24)22-9-7-20-5-3-18-1-2-19-4-6-21-8-10-23-26/h1-10H2. The second-order valence-electron chi connectivity index (χ2n) is 4.79. The number of nitrogens with zero attached hydrogens (tertiary/aromatic N) is 3. The Morgan fingerprint density at radius 1 is 0.462 bits per heavy atom. The molecule has 9 nitrogen and oxygen atoms in total. The van der Waals surface area contributed by atoms with Gasteiger partial charge in [-0.3, -0.25) is 0 Å². The van der Waals surface area contributed by atoms with Crippen LogP contribution in [0.3, 0.4) is 0 Å². The van der Waals surface area contributed by atoms with E-state index in [0.717, 1.165) is 0 Å². The maximum atomic E-state index is 6.12. The Morgan fingerprint density at radius 3 is 1.19 bits per heavy atom. The molecule has 2 aliphatic heterocycles. The summed E-state index contributed by atoms with van der Waals surface area (Å²) >= 11 is 24.5. The first kappa shape index (κ1) is 23.9. The van der Waals surface area contributed by atoms with E-state index in [4.69, 9.17) is 73.0 Å². The number of rotatable bonds is 0. The minimum absolute atomic E-state index is 0.145. The molecule has 0 radical (unpaired) electrons. The van der Waals surface area contributed by atoms with Gasteiger partial charge in [0.15, 0.2) is 0 Å². The van der Waals surface area contributed by atoms with Crippen molar-refractivity contribution >= 4 is 64.4 Å². The maximum absolute atomic E-state index is 6.12. The van der Waals surface area contributed by atoms with Gasteiger partial charge in [0.2, 0.25) is 0 Å². The van der Waals surface area contributed by atoms with Gasteiger partial charge in [-0.15, -0.1) is 0 Å². The van der Waals surface area contributed by atoms with Crippen molar-refractivity contribution in [3.63, 3.8) is 0 Å².